The van der Waals surface area contributed by atoms with Gasteiger partial charge in [-0.3, -0.25) is 0 Å². The largest absolute Gasteiger partial charge is 0.465 e. The number of aryl methyl sites for hydroxylation is 1. The van der Waals surface area contributed by atoms with Crippen LogP contribution in [-0.2, 0) is 0 Å². The molecule has 1 fully saturated rings. The average molecular weight is 238 g/mol. The molecule has 1 aliphatic heterocycles. The first kappa shape index (κ1) is 12.6. The molecule has 96 valence electrons. The van der Waals surface area contributed by atoms with Crippen molar-refractivity contribution in [2.75, 3.05) is 39.8 Å². The molecule has 2 heterocycles. The molecule has 0 aromatic carbocycles. The first-order chi connectivity index (χ1) is 8.19. The van der Waals surface area contributed by atoms with Crippen molar-refractivity contribution in [3.05, 3.63) is 23.7 Å². The van der Waals surface area contributed by atoms with Gasteiger partial charge in [-0.25, -0.2) is 10.4 Å². The number of nitrogens with two attached hydrogens (primary N) is 1. The summed E-state index contributed by atoms with van der Waals surface area (Å²) in [5, 5.41) is 2.23. The van der Waals surface area contributed by atoms with Crippen LogP contribution in [-0.4, -0.2) is 49.7 Å². The van der Waals surface area contributed by atoms with Gasteiger partial charge >= 0.3 is 0 Å². The molecule has 0 amide bonds. The SMILES string of the molecule is Cc1ccc(C(CN)NN2CCN(C)CC2)o1. The molecule has 1 unspecified atom stereocenters. The molecule has 5 nitrogen and oxygen atoms in total. The van der Waals surface area contributed by atoms with E-state index in [2.05, 4.69) is 22.4 Å². The minimum Gasteiger partial charge on any atom is -0.465 e. The maximum Gasteiger partial charge on any atom is 0.123 e. The highest BCUT2D eigenvalue weighted by Crippen LogP contribution is 2.16. The number of piperazine rings is 1. The fraction of sp³-hybridized carbons (Fsp3) is 0.667. The van der Waals surface area contributed by atoms with E-state index in [1.54, 1.807) is 0 Å². The first-order valence-electron chi connectivity index (χ1n) is 6.15. The summed E-state index contributed by atoms with van der Waals surface area (Å²) in [5.41, 5.74) is 9.24. The van der Waals surface area contributed by atoms with Crippen LogP contribution in [0.1, 0.15) is 17.6 Å². The summed E-state index contributed by atoms with van der Waals surface area (Å²) in [6.07, 6.45) is 0. The lowest BCUT2D eigenvalue weighted by Crippen LogP contribution is -2.52. The van der Waals surface area contributed by atoms with Gasteiger partial charge in [-0.1, -0.05) is 0 Å². The van der Waals surface area contributed by atoms with E-state index in [1.165, 1.54) is 0 Å². The minimum absolute atomic E-state index is 0.0760. The third-order valence-electron chi connectivity index (χ3n) is 3.18. The molecule has 0 bridgehead atoms. The molecule has 5 heteroatoms. The van der Waals surface area contributed by atoms with Gasteiger partial charge in [0.1, 0.15) is 11.5 Å². The fourth-order valence-electron chi connectivity index (χ4n) is 2.03. The number of furan rings is 1. The van der Waals surface area contributed by atoms with E-state index in [9.17, 15) is 0 Å². The van der Waals surface area contributed by atoms with Crippen LogP contribution in [0.4, 0.5) is 0 Å². The maximum absolute atomic E-state index is 5.80. The van der Waals surface area contributed by atoms with Crippen molar-refractivity contribution in [1.82, 2.24) is 15.3 Å². The molecule has 0 spiro atoms. The third kappa shape index (κ3) is 3.29. The second-order valence-corrected chi connectivity index (χ2v) is 4.66. The number of likely N-dealkylation sites (N-methyl/N-ethyl adjacent to an activating group) is 1. The Balaban J connectivity index is 1.91. The van der Waals surface area contributed by atoms with Crippen LogP contribution in [0.5, 0.6) is 0 Å². The highest BCUT2D eigenvalue weighted by Gasteiger charge is 2.19. The molecule has 1 aliphatic rings. The van der Waals surface area contributed by atoms with Gasteiger partial charge in [0, 0.05) is 32.7 Å². The summed E-state index contributed by atoms with van der Waals surface area (Å²) < 4.78 is 5.62. The molecule has 1 saturated heterocycles. The minimum atomic E-state index is 0.0760. The molecule has 2 rings (SSSR count). The van der Waals surface area contributed by atoms with Gasteiger partial charge in [0.05, 0.1) is 6.04 Å². The van der Waals surface area contributed by atoms with Crippen LogP contribution < -0.4 is 11.2 Å². The number of rotatable bonds is 4. The van der Waals surface area contributed by atoms with Crippen molar-refractivity contribution in [1.29, 1.82) is 0 Å². The lowest BCUT2D eigenvalue weighted by atomic mass is 10.2. The Morgan fingerprint density at radius 2 is 2.06 bits per heavy atom. The normalized spacial score (nSPS) is 20.6. The van der Waals surface area contributed by atoms with Gasteiger partial charge < -0.3 is 15.1 Å². The smallest absolute Gasteiger partial charge is 0.123 e. The third-order valence-corrected chi connectivity index (χ3v) is 3.18. The van der Waals surface area contributed by atoms with Gasteiger partial charge in [-0.15, -0.1) is 0 Å². The van der Waals surface area contributed by atoms with Crippen LogP contribution in [0.2, 0.25) is 0 Å². The van der Waals surface area contributed by atoms with Crippen LogP contribution in [0.3, 0.4) is 0 Å². The van der Waals surface area contributed by atoms with Gasteiger partial charge in [-0.2, -0.15) is 0 Å². The lowest BCUT2D eigenvalue weighted by molar-refractivity contribution is 0.0834. The second kappa shape index (κ2) is 5.64. The molecule has 1 atom stereocenters. The van der Waals surface area contributed by atoms with Crippen molar-refractivity contribution in [2.45, 2.75) is 13.0 Å². The molecule has 3 N–H and O–H groups in total. The summed E-state index contributed by atoms with van der Waals surface area (Å²) in [6, 6.07) is 4.05. The lowest BCUT2D eigenvalue weighted by Gasteiger charge is -2.34. The van der Waals surface area contributed by atoms with Gasteiger partial charge in [-0.05, 0) is 26.1 Å². The average Bonchev–Trinajstić information content (AvgIpc) is 2.75. The van der Waals surface area contributed by atoms with Gasteiger partial charge in [0.15, 0.2) is 0 Å². The zero-order chi connectivity index (χ0) is 12.3. The Kier molecular flexibility index (Phi) is 4.17. The summed E-state index contributed by atoms with van der Waals surface area (Å²) in [6.45, 7) is 6.70. The Bertz CT molecular complexity index is 344. The standard InChI is InChI=1S/C12H22N4O/c1-10-3-4-12(17-10)11(9-13)14-16-7-5-15(2)6-8-16/h3-4,11,14H,5-9,13H2,1-2H3. The van der Waals surface area contributed by atoms with Crippen molar-refractivity contribution < 1.29 is 4.42 Å². The molecule has 17 heavy (non-hydrogen) atoms. The molecule has 0 radical (unpaired) electrons. The van der Waals surface area contributed by atoms with E-state index < -0.39 is 0 Å². The Hall–Kier alpha value is -0.880. The van der Waals surface area contributed by atoms with Crippen molar-refractivity contribution in [2.24, 2.45) is 5.73 Å². The highest BCUT2D eigenvalue weighted by molar-refractivity contribution is 5.09. The quantitative estimate of drug-likeness (QED) is 0.792. The molecular formula is C12H22N4O. The monoisotopic (exact) mass is 238 g/mol. The molecule has 1 aromatic heterocycles. The first-order valence-corrected chi connectivity index (χ1v) is 6.15. The number of nitrogens with zero attached hydrogens (tertiary/aromatic N) is 2. The topological polar surface area (TPSA) is 57.7 Å². The predicted molar refractivity (Wildman–Crippen MR) is 67.4 cm³/mol. The van der Waals surface area contributed by atoms with Crippen LogP contribution in [0.25, 0.3) is 0 Å². The zero-order valence-corrected chi connectivity index (χ0v) is 10.6. The van der Waals surface area contributed by atoms with E-state index in [0.29, 0.717) is 6.54 Å². The predicted octanol–water partition coefficient (Wildman–Crippen LogP) is 0.340. The van der Waals surface area contributed by atoms with E-state index in [1.807, 2.05) is 19.1 Å². The van der Waals surface area contributed by atoms with E-state index in [0.717, 1.165) is 37.7 Å². The molecular weight excluding hydrogens is 216 g/mol. The van der Waals surface area contributed by atoms with Crippen LogP contribution in [0, 0.1) is 6.92 Å². The zero-order valence-electron chi connectivity index (χ0n) is 10.6. The fourth-order valence-corrected chi connectivity index (χ4v) is 2.03. The highest BCUT2D eigenvalue weighted by atomic mass is 16.3. The van der Waals surface area contributed by atoms with Gasteiger partial charge in [0.2, 0.25) is 0 Å². The van der Waals surface area contributed by atoms with Crippen molar-refractivity contribution >= 4 is 0 Å². The molecule has 1 aromatic rings. The Morgan fingerprint density at radius 1 is 1.35 bits per heavy atom. The number of hydrogen-bond donors (Lipinski definition) is 2. The second-order valence-electron chi connectivity index (χ2n) is 4.66. The van der Waals surface area contributed by atoms with E-state index in [4.69, 9.17) is 10.2 Å². The number of hydrogen-bond acceptors (Lipinski definition) is 5. The van der Waals surface area contributed by atoms with E-state index in [-0.39, 0.29) is 6.04 Å². The molecule has 0 saturated carbocycles. The van der Waals surface area contributed by atoms with Gasteiger partial charge in [0.25, 0.3) is 0 Å². The van der Waals surface area contributed by atoms with Crippen LogP contribution in [0.15, 0.2) is 16.5 Å². The maximum atomic E-state index is 5.80. The van der Waals surface area contributed by atoms with Crippen molar-refractivity contribution in [3.8, 4) is 0 Å². The summed E-state index contributed by atoms with van der Waals surface area (Å²) in [5.74, 6) is 1.85. The van der Waals surface area contributed by atoms with Crippen LogP contribution >= 0.6 is 0 Å². The molecule has 0 aliphatic carbocycles. The summed E-state index contributed by atoms with van der Waals surface area (Å²) in [7, 11) is 2.15. The van der Waals surface area contributed by atoms with E-state index >= 15 is 0 Å². The number of hydrazine groups is 1. The number of nitrogens with one attached hydrogen (secondary N) is 1. The summed E-state index contributed by atoms with van der Waals surface area (Å²) in [4.78, 5) is 2.33. The van der Waals surface area contributed by atoms with Crippen molar-refractivity contribution in [3.63, 3.8) is 0 Å². The summed E-state index contributed by atoms with van der Waals surface area (Å²) >= 11 is 0. The Labute approximate surface area is 103 Å². The Morgan fingerprint density at radius 3 is 2.59 bits per heavy atom.